The number of alkyl halides is 1. The van der Waals surface area contributed by atoms with Crippen LogP contribution in [-0.2, 0) is 16.7 Å². The van der Waals surface area contributed by atoms with Crippen LogP contribution in [0.1, 0.15) is 31.9 Å². The molecule has 1 rings (SSSR count). The Morgan fingerprint density at radius 1 is 1.35 bits per heavy atom. The Balaban J connectivity index is 2.47. The quantitative estimate of drug-likeness (QED) is 0.866. The van der Waals surface area contributed by atoms with Gasteiger partial charge in [-0.25, -0.2) is 4.79 Å². The van der Waals surface area contributed by atoms with Gasteiger partial charge in [0, 0.05) is 10.9 Å². The van der Waals surface area contributed by atoms with Gasteiger partial charge in [0.05, 0.1) is 0 Å². The summed E-state index contributed by atoms with van der Waals surface area (Å²) >= 11 is 3.39. The normalized spacial score (nSPS) is 11.1. The number of alkyl carbamates (subject to hydrolysis) is 1. The van der Waals surface area contributed by atoms with Gasteiger partial charge in [0.2, 0.25) is 0 Å². The minimum absolute atomic E-state index is 0.269. The standard InChI is InChI=1S/C13H18BrNO2/c1-13(2,3)15-12(16)17-9-11-6-4-5-10(7-11)8-14/h4-7H,8-9H2,1-3H3,(H,15,16). The van der Waals surface area contributed by atoms with E-state index in [-0.39, 0.29) is 11.6 Å². The predicted molar refractivity (Wildman–Crippen MR) is 72.1 cm³/mol. The summed E-state index contributed by atoms with van der Waals surface area (Å²) in [6, 6.07) is 7.93. The van der Waals surface area contributed by atoms with E-state index in [2.05, 4.69) is 21.2 Å². The highest BCUT2D eigenvalue weighted by Crippen LogP contribution is 2.10. The topological polar surface area (TPSA) is 38.3 Å². The lowest BCUT2D eigenvalue weighted by Crippen LogP contribution is -2.40. The Bertz CT molecular complexity index is 385. The maximum absolute atomic E-state index is 11.4. The van der Waals surface area contributed by atoms with Gasteiger partial charge in [-0.15, -0.1) is 0 Å². The molecule has 0 fully saturated rings. The number of ether oxygens (including phenoxy) is 1. The van der Waals surface area contributed by atoms with Crippen LogP contribution in [0.15, 0.2) is 24.3 Å². The van der Waals surface area contributed by atoms with Crippen LogP contribution in [0.2, 0.25) is 0 Å². The van der Waals surface area contributed by atoms with Gasteiger partial charge in [-0.1, -0.05) is 40.2 Å². The summed E-state index contributed by atoms with van der Waals surface area (Å²) in [6.45, 7) is 6.04. The minimum atomic E-state index is -0.387. The summed E-state index contributed by atoms with van der Waals surface area (Å²) in [5.41, 5.74) is 1.89. The monoisotopic (exact) mass is 299 g/mol. The zero-order valence-corrected chi connectivity index (χ0v) is 12.0. The maximum atomic E-state index is 11.4. The number of hydrogen-bond acceptors (Lipinski definition) is 2. The number of hydrogen-bond donors (Lipinski definition) is 1. The molecule has 0 heterocycles. The average Bonchev–Trinajstić information content (AvgIpc) is 2.24. The van der Waals surface area contributed by atoms with Crippen LogP contribution >= 0.6 is 15.9 Å². The molecule has 1 amide bonds. The molecule has 0 saturated carbocycles. The second-order valence-corrected chi connectivity index (χ2v) is 5.47. The third-order valence-corrected chi connectivity index (χ3v) is 2.64. The smallest absolute Gasteiger partial charge is 0.407 e. The maximum Gasteiger partial charge on any atom is 0.407 e. The van der Waals surface area contributed by atoms with E-state index in [0.717, 1.165) is 10.9 Å². The van der Waals surface area contributed by atoms with Crippen LogP contribution < -0.4 is 5.32 Å². The fourth-order valence-corrected chi connectivity index (χ4v) is 1.64. The molecule has 94 valence electrons. The van der Waals surface area contributed by atoms with E-state index in [4.69, 9.17) is 4.74 Å². The molecule has 0 aliphatic heterocycles. The molecule has 3 nitrogen and oxygen atoms in total. The van der Waals surface area contributed by atoms with Crippen molar-refractivity contribution in [3.05, 3.63) is 35.4 Å². The fourth-order valence-electron chi connectivity index (χ4n) is 1.29. The lowest BCUT2D eigenvalue weighted by Gasteiger charge is -2.20. The predicted octanol–water partition coefficient (Wildman–Crippen LogP) is 3.61. The molecule has 0 spiro atoms. The molecule has 4 heteroatoms. The summed E-state index contributed by atoms with van der Waals surface area (Å²) in [4.78, 5) is 11.4. The number of benzene rings is 1. The van der Waals surface area contributed by atoms with Crippen molar-refractivity contribution in [2.24, 2.45) is 0 Å². The van der Waals surface area contributed by atoms with Crippen LogP contribution in [0, 0.1) is 0 Å². The van der Waals surface area contributed by atoms with E-state index >= 15 is 0 Å². The lowest BCUT2D eigenvalue weighted by atomic mass is 10.1. The molecule has 1 aromatic carbocycles. The molecule has 0 aliphatic rings. The van der Waals surface area contributed by atoms with Gasteiger partial charge in [0.15, 0.2) is 0 Å². The molecular weight excluding hydrogens is 282 g/mol. The second-order valence-electron chi connectivity index (χ2n) is 4.90. The highest BCUT2D eigenvalue weighted by Gasteiger charge is 2.14. The van der Waals surface area contributed by atoms with Crippen molar-refractivity contribution in [1.82, 2.24) is 5.32 Å². The largest absolute Gasteiger partial charge is 0.445 e. The van der Waals surface area contributed by atoms with E-state index in [1.807, 2.05) is 45.0 Å². The summed E-state index contributed by atoms with van der Waals surface area (Å²) < 4.78 is 5.14. The molecule has 0 radical (unpaired) electrons. The van der Waals surface area contributed by atoms with Crippen molar-refractivity contribution in [1.29, 1.82) is 0 Å². The first-order valence-electron chi connectivity index (χ1n) is 5.49. The first-order chi connectivity index (χ1) is 7.90. The SMILES string of the molecule is CC(C)(C)NC(=O)OCc1cccc(CBr)c1. The van der Waals surface area contributed by atoms with E-state index in [1.54, 1.807) is 0 Å². The minimum Gasteiger partial charge on any atom is -0.445 e. The van der Waals surface area contributed by atoms with E-state index < -0.39 is 0 Å². The van der Waals surface area contributed by atoms with Crippen LogP contribution in [-0.4, -0.2) is 11.6 Å². The molecule has 0 bridgehead atoms. The average molecular weight is 300 g/mol. The molecule has 17 heavy (non-hydrogen) atoms. The number of halogens is 1. The van der Waals surface area contributed by atoms with Crippen molar-refractivity contribution in [2.75, 3.05) is 0 Å². The van der Waals surface area contributed by atoms with Crippen molar-refractivity contribution in [2.45, 2.75) is 38.2 Å². The zero-order valence-electron chi connectivity index (χ0n) is 10.4. The van der Waals surface area contributed by atoms with Gasteiger partial charge >= 0.3 is 6.09 Å². The van der Waals surface area contributed by atoms with Crippen molar-refractivity contribution in [3.8, 4) is 0 Å². The van der Waals surface area contributed by atoms with Gasteiger partial charge in [0.25, 0.3) is 0 Å². The van der Waals surface area contributed by atoms with E-state index in [0.29, 0.717) is 6.61 Å². The van der Waals surface area contributed by atoms with Crippen LogP contribution in [0.25, 0.3) is 0 Å². The van der Waals surface area contributed by atoms with Gasteiger partial charge in [-0.05, 0) is 31.9 Å². The van der Waals surface area contributed by atoms with Gasteiger partial charge in [0.1, 0.15) is 6.61 Å². The Labute approximate surface area is 111 Å². The van der Waals surface area contributed by atoms with Crippen molar-refractivity contribution in [3.63, 3.8) is 0 Å². The summed E-state index contributed by atoms with van der Waals surface area (Å²) in [5.74, 6) is 0. The molecule has 0 aliphatic carbocycles. The number of rotatable bonds is 3. The fraction of sp³-hybridized carbons (Fsp3) is 0.462. The van der Waals surface area contributed by atoms with Crippen LogP contribution in [0.3, 0.4) is 0 Å². The number of amides is 1. The molecule has 0 atom stereocenters. The number of nitrogens with one attached hydrogen (secondary N) is 1. The third kappa shape index (κ3) is 5.73. The van der Waals surface area contributed by atoms with E-state index in [1.165, 1.54) is 5.56 Å². The Hall–Kier alpha value is -1.03. The first-order valence-corrected chi connectivity index (χ1v) is 6.61. The summed E-state index contributed by atoms with van der Waals surface area (Å²) in [7, 11) is 0. The second kappa shape index (κ2) is 6.05. The van der Waals surface area contributed by atoms with Crippen molar-refractivity contribution < 1.29 is 9.53 Å². The Morgan fingerprint density at radius 2 is 2.00 bits per heavy atom. The van der Waals surface area contributed by atoms with Gasteiger partial charge in [-0.3, -0.25) is 0 Å². The van der Waals surface area contributed by atoms with Crippen LogP contribution in [0.4, 0.5) is 4.79 Å². The Kier molecular flexibility index (Phi) is 5.00. The van der Waals surface area contributed by atoms with Crippen LogP contribution in [0.5, 0.6) is 0 Å². The molecule has 1 N–H and O–H groups in total. The molecule has 0 saturated heterocycles. The van der Waals surface area contributed by atoms with E-state index in [9.17, 15) is 4.79 Å². The first kappa shape index (κ1) is 14.0. The number of carbonyl (C=O) groups excluding carboxylic acids is 1. The Morgan fingerprint density at radius 3 is 2.59 bits per heavy atom. The molecule has 0 unspecified atom stereocenters. The molecule has 0 aromatic heterocycles. The third-order valence-electron chi connectivity index (χ3n) is 1.99. The van der Waals surface area contributed by atoms with Gasteiger partial charge in [-0.2, -0.15) is 0 Å². The van der Waals surface area contributed by atoms with Crippen molar-refractivity contribution >= 4 is 22.0 Å². The molecular formula is C13H18BrNO2. The highest BCUT2D eigenvalue weighted by molar-refractivity contribution is 9.08. The summed E-state index contributed by atoms with van der Waals surface area (Å²) in [6.07, 6.45) is -0.387. The molecule has 1 aromatic rings. The summed E-state index contributed by atoms with van der Waals surface area (Å²) in [5, 5.41) is 3.55. The van der Waals surface area contributed by atoms with Gasteiger partial charge < -0.3 is 10.1 Å². The zero-order chi connectivity index (χ0) is 12.9. The lowest BCUT2D eigenvalue weighted by molar-refractivity contribution is 0.131. The highest BCUT2D eigenvalue weighted by atomic mass is 79.9. The number of carbonyl (C=O) groups is 1.